The van der Waals surface area contributed by atoms with Gasteiger partial charge in [0.2, 0.25) is 5.91 Å². The highest BCUT2D eigenvalue weighted by molar-refractivity contribution is 5.78. The van der Waals surface area contributed by atoms with Crippen molar-refractivity contribution < 1.29 is 14.7 Å². The van der Waals surface area contributed by atoms with Gasteiger partial charge in [0.1, 0.15) is 6.10 Å². The smallest absolute Gasteiger partial charge is 0.294 e. The van der Waals surface area contributed by atoms with Gasteiger partial charge in [0.05, 0.1) is 6.54 Å². The molecule has 1 aliphatic rings. The zero-order valence-electron chi connectivity index (χ0n) is 11.2. The number of likely N-dealkylation sites (tertiary alicyclic amines) is 1. The van der Waals surface area contributed by atoms with Crippen LogP contribution in [-0.4, -0.2) is 60.6 Å². The highest BCUT2D eigenvalue weighted by atomic mass is 17.0. The first-order valence-corrected chi connectivity index (χ1v) is 6.13. The zero-order valence-corrected chi connectivity index (χ0v) is 11.2. The molecule has 18 heavy (non-hydrogen) atoms. The van der Waals surface area contributed by atoms with Crippen molar-refractivity contribution in [1.82, 2.24) is 9.80 Å². The summed E-state index contributed by atoms with van der Waals surface area (Å²) in [6.07, 6.45) is 1.12. The topological polar surface area (TPSA) is 75.9 Å². The Balaban J connectivity index is 2.36. The van der Waals surface area contributed by atoms with Crippen LogP contribution in [0.2, 0.25) is 0 Å². The number of hydrogen-bond donors (Lipinski definition) is 0. The minimum atomic E-state index is -0.742. The van der Waals surface area contributed by atoms with Gasteiger partial charge in [0.25, 0.3) is 5.09 Å². The van der Waals surface area contributed by atoms with E-state index in [1.165, 1.54) is 0 Å². The predicted octanol–water partition coefficient (Wildman–Crippen LogP) is 0.383. The molecule has 0 radical (unpaired) electrons. The number of carbonyl (C=O) groups is 1. The van der Waals surface area contributed by atoms with Crippen molar-refractivity contribution in [1.29, 1.82) is 0 Å². The lowest BCUT2D eigenvalue weighted by Crippen LogP contribution is -2.44. The van der Waals surface area contributed by atoms with Crippen molar-refractivity contribution >= 4 is 5.91 Å². The number of hydrogen-bond acceptors (Lipinski definition) is 5. The second-order valence-electron chi connectivity index (χ2n) is 4.99. The quantitative estimate of drug-likeness (QED) is 0.527. The van der Waals surface area contributed by atoms with Gasteiger partial charge in [0.15, 0.2) is 0 Å². The summed E-state index contributed by atoms with van der Waals surface area (Å²) in [5.74, 6) is 0.264. The molecule has 0 aromatic carbocycles. The molecule has 7 heteroatoms. The SMILES string of the molecule is CC(O[N+](=O)[O-])C1CCN(C(=O)CN(C)C)CC1. The van der Waals surface area contributed by atoms with Gasteiger partial charge in [-0.15, -0.1) is 10.1 Å². The van der Waals surface area contributed by atoms with E-state index >= 15 is 0 Å². The maximum Gasteiger partial charge on any atom is 0.294 e. The van der Waals surface area contributed by atoms with Crippen LogP contribution in [0.15, 0.2) is 0 Å². The van der Waals surface area contributed by atoms with Crippen LogP contribution in [-0.2, 0) is 9.63 Å². The summed E-state index contributed by atoms with van der Waals surface area (Å²) in [6, 6.07) is 0. The van der Waals surface area contributed by atoms with Gasteiger partial charge in [-0.25, -0.2) is 0 Å². The van der Waals surface area contributed by atoms with Crippen molar-refractivity contribution in [3.63, 3.8) is 0 Å². The molecule has 0 aromatic rings. The van der Waals surface area contributed by atoms with E-state index in [9.17, 15) is 14.9 Å². The molecular formula is C11H21N3O4. The first kappa shape index (κ1) is 14.7. The summed E-state index contributed by atoms with van der Waals surface area (Å²) in [5, 5.41) is 9.52. The van der Waals surface area contributed by atoms with Gasteiger partial charge in [-0.3, -0.25) is 4.79 Å². The summed E-state index contributed by atoms with van der Waals surface area (Å²) in [5.41, 5.74) is 0. The third-order valence-corrected chi connectivity index (χ3v) is 3.26. The van der Waals surface area contributed by atoms with E-state index in [-0.39, 0.29) is 11.8 Å². The van der Waals surface area contributed by atoms with Gasteiger partial charge in [-0.05, 0) is 39.8 Å². The molecule has 0 N–H and O–H groups in total. The van der Waals surface area contributed by atoms with Crippen LogP contribution in [0.3, 0.4) is 0 Å². The largest absolute Gasteiger partial charge is 0.342 e. The Kier molecular flexibility index (Phi) is 5.33. The molecule has 0 bridgehead atoms. The standard InChI is InChI=1S/C11H21N3O4/c1-9(18-14(16)17)10-4-6-13(7-5-10)11(15)8-12(2)3/h9-10H,4-8H2,1-3H3. The molecule has 1 atom stereocenters. The van der Waals surface area contributed by atoms with Crippen molar-refractivity contribution in [2.24, 2.45) is 5.92 Å². The number of amides is 1. The van der Waals surface area contributed by atoms with E-state index < -0.39 is 11.2 Å². The maximum atomic E-state index is 11.8. The van der Waals surface area contributed by atoms with Crippen LogP contribution in [0.4, 0.5) is 0 Å². The van der Waals surface area contributed by atoms with Gasteiger partial charge in [-0.1, -0.05) is 0 Å². The molecule has 1 fully saturated rings. The van der Waals surface area contributed by atoms with E-state index in [2.05, 4.69) is 4.84 Å². The number of piperidine rings is 1. The molecule has 1 heterocycles. The Morgan fingerprint density at radius 2 is 2.06 bits per heavy atom. The number of nitrogens with zero attached hydrogens (tertiary/aromatic N) is 3. The van der Waals surface area contributed by atoms with Crippen LogP contribution in [0.5, 0.6) is 0 Å². The normalized spacial score (nSPS) is 18.8. The zero-order chi connectivity index (χ0) is 13.7. The van der Waals surface area contributed by atoms with Gasteiger partial charge in [-0.2, -0.15) is 0 Å². The molecule has 1 saturated heterocycles. The molecule has 1 unspecified atom stereocenters. The minimum absolute atomic E-state index is 0.112. The molecule has 1 amide bonds. The minimum Gasteiger partial charge on any atom is -0.342 e. The Labute approximate surface area is 107 Å². The third-order valence-electron chi connectivity index (χ3n) is 3.26. The Morgan fingerprint density at radius 1 is 1.50 bits per heavy atom. The summed E-state index contributed by atoms with van der Waals surface area (Å²) >= 11 is 0. The van der Waals surface area contributed by atoms with Crippen molar-refractivity contribution in [2.75, 3.05) is 33.7 Å². The Bertz CT molecular complexity index is 301. The second kappa shape index (κ2) is 6.53. The molecule has 0 spiro atoms. The summed E-state index contributed by atoms with van der Waals surface area (Å²) in [6.45, 7) is 3.43. The lowest BCUT2D eigenvalue weighted by atomic mass is 9.92. The fourth-order valence-electron chi connectivity index (χ4n) is 2.21. The monoisotopic (exact) mass is 259 g/mol. The van der Waals surface area contributed by atoms with E-state index in [1.54, 1.807) is 6.92 Å². The molecule has 1 rings (SSSR count). The van der Waals surface area contributed by atoms with Crippen LogP contribution < -0.4 is 0 Å². The molecule has 0 saturated carbocycles. The summed E-state index contributed by atoms with van der Waals surface area (Å²) in [7, 11) is 3.72. The molecule has 7 nitrogen and oxygen atoms in total. The van der Waals surface area contributed by atoms with Gasteiger partial charge < -0.3 is 14.6 Å². The van der Waals surface area contributed by atoms with Crippen molar-refractivity contribution in [3.05, 3.63) is 10.1 Å². The Hall–Kier alpha value is -1.37. The van der Waals surface area contributed by atoms with Crippen LogP contribution >= 0.6 is 0 Å². The van der Waals surface area contributed by atoms with Crippen molar-refractivity contribution in [2.45, 2.75) is 25.9 Å². The van der Waals surface area contributed by atoms with Gasteiger partial charge in [0, 0.05) is 13.1 Å². The average Bonchev–Trinajstić information content (AvgIpc) is 2.27. The van der Waals surface area contributed by atoms with Crippen LogP contribution in [0.1, 0.15) is 19.8 Å². The van der Waals surface area contributed by atoms with Gasteiger partial charge >= 0.3 is 0 Å². The fourth-order valence-corrected chi connectivity index (χ4v) is 2.21. The van der Waals surface area contributed by atoms with Crippen LogP contribution in [0, 0.1) is 16.0 Å². The number of rotatable bonds is 5. The lowest BCUT2D eigenvalue weighted by Gasteiger charge is -2.34. The number of carbonyl (C=O) groups excluding carboxylic acids is 1. The van der Waals surface area contributed by atoms with E-state index in [0.29, 0.717) is 19.6 Å². The van der Waals surface area contributed by atoms with E-state index in [4.69, 9.17) is 0 Å². The van der Waals surface area contributed by atoms with E-state index in [1.807, 2.05) is 23.9 Å². The number of likely N-dealkylation sites (N-methyl/N-ethyl adjacent to an activating group) is 1. The molecule has 0 aromatic heterocycles. The molecular weight excluding hydrogens is 238 g/mol. The fraction of sp³-hybridized carbons (Fsp3) is 0.909. The molecule has 0 aliphatic carbocycles. The first-order chi connectivity index (χ1) is 8.40. The van der Waals surface area contributed by atoms with Crippen molar-refractivity contribution in [3.8, 4) is 0 Å². The predicted molar refractivity (Wildman–Crippen MR) is 65.4 cm³/mol. The first-order valence-electron chi connectivity index (χ1n) is 6.13. The highest BCUT2D eigenvalue weighted by Gasteiger charge is 2.28. The summed E-state index contributed by atoms with van der Waals surface area (Å²) < 4.78 is 0. The maximum absolute atomic E-state index is 11.8. The average molecular weight is 259 g/mol. The molecule has 104 valence electrons. The van der Waals surface area contributed by atoms with E-state index in [0.717, 1.165) is 12.8 Å². The lowest BCUT2D eigenvalue weighted by molar-refractivity contribution is -0.769. The van der Waals surface area contributed by atoms with Crippen LogP contribution in [0.25, 0.3) is 0 Å². The second-order valence-corrected chi connectivity index (χ2v) is 4.99. The molecule has 1 aliphatic heterocycles. The third kappa shape index (κ3) is 4.48. The summed E-state index contributed by atoms with van der Waals surface area (Å²) in [4.78, 5) is 30.3. The Morgan fingerprint density at radius 3 is 2.50 bits per heavy atom. The highest BCUT2D eigenvalue weighted by Crippen LogP contribution is 2.22.